The quantitative estimate of drug-likeness (QED) is 0.290. The number of pyridine rings is 1. The van der Waals surface area contributed by atoms with E-state index < -0.39 is 0 Å². The molecule has 0 radical (unpaired) electrons. The van der Waals surface area contributed by atoms with E-state index in [2.05, 4.69) is 52.2 Å². The Hall–Kier alpha value is -3.78. The van der Waals surface area contributed by atoms with Gasteiger partial charge in [-0.05, 0) is 73.5 Å². The molecule has 5 rings (SSSR count). The zero-order valence-corrected chi connectivity index (χ0v) is 18.9. The maximum atomic E-state index is 13.2. The lowest BCUT2D eigenvalue weighted by atomic mass is 10.1. The van der Waals surface area contributed by atoms with Gasteiger partial charge in [-0.25, -0.2) is 9.37 Å². The van der Waals surface area contributed by atoms with Crippen molar-refractivity contribution in [1.82, 2.24) is 24.7 Å². The number of rotatable bonds is 6. The number of thioether (sulfide) groups is 1. The first-order valence-corrected chi connectivity index (χ1v) is 11.3. The second-order valence-electron chi connectivity index (χ2n) is 7.59. The van der Waals surface area contributed by atoms with E-state index in [0.29, 0.717) is 11.6 Å². The second-order valence-corrected chi connectivity index (χ2v) is 8.53. The van der Waals surface area contributed by atoms with E-state index in [9.17, 15) is 4.39 Å². The molecule has 3 aromatic heterocycles. The summed E-state index contributed by atoms with van der Waals surface area (Å²) in [5, 5.41) is 9.69. The minimum Gasteiger partial charge on any atom is -0.444 e. The topological polar surface area (TPSA) is 69.6 Å². The molecule has 3 heterocycles. The Balaban J connectivity index is 1.45. The summed E-state index contributed by atoms with van der Waals surface area (Å²) >= 11 is 1.52. The van der Waals surface area contributed by atoms with Crippen LogP contribution in [-0.2, 0) is 5.75 Å². The Labute approximate surface area is 194 Å². The van der Waals surface area contributed by atoms with Crippen LogP contribution >= 0.6 is 11.8 Å². The number of aromatic nitrogens is 5. The van der Waals surface area contributed by atoms with E-state index in [-0.39, 0.29) is 5.82 Å². The fraction of sp³-hybridized carbons (Fsp3) is 0.120. The second kappa shape index (κ2) is 8.99. The van der Waals surface area contributed by atoms with E-state index in [0.717, 1.165) is 33.5 Å². The highest BCUT2D eigenvalue weighted by molar-refractivity contribution is 7.98. The number of nitrogens with zero attached hydrogens (tertiary/aromatic N) is 5. The van der Waals surface area contributed by atoms with E-state index in [4.69, 9.17) is 4.42 Å². The normalized spacial score (nSPS) is 11.1. The molecule has 5 aromatic rings. The molecule has 0 aliphatic heterocycles. The number of hydrogen-bond donors (Lipinski definition) is 0. The van der Waals surface area contributed by atoms with Gasteiger partial charge in [0.1, 0.15) is 12.1 Å². The smallest absolute Gasteiger partial charge is 0.226 e. The first kappa shape index (κ1) is 21.1. The summed E-state index contributed by atoms with van der Waals surface area (Å²) in [5.74, 6) is 1.45. The molecule has 0 unspecified atom stereocenters. The average Bonchev–Trinajstić information content (AvgIpc) is 3.48. The summed E-state index contributed by atoms with van der Waals surface area (Å²) < 4.78 is 20.8. The van der Waals surface area contributed by atoms with Gasteiger partial charge in [-0.1, -0.05) is 17.8 Å². The van der Waals surface area contributed by atoms with Gasteiger partial charge in [0.15, 0.2) is 11.0 Å². The minimum atomic E-state index is -0.295. The van der Waals surface area contributed by atoms with Gasteiger partial charge in [0, 0.05) is 29.3 Å². The summed E-state index contributed by atoms with van der Waals surface area (Å²) in [5.41, 5.74) is 5.83. The summed E-state index contributed by atoms with van der Waals surface area (Å²) in [6.07, 6.45) is 5.11. The summed E-state index contributed by atoms with van der Waals surface area (Å²) in [7, 11) is 0. The fourth-order valence-electron chi connectivity index (χ4n) is 3.39. The largest absolute Gasteiger partial charge is 0.444 e. The Kier molecular flexibility index (Phi) is 5.75. The third kappa shape index (κ3) is 4.42. The first-order chi connectivity index (χ1) is 16.1. The lowest BCUT2D eigenvalue weighted by Gasteiger charge is -2.12. The van der Waals surface area contributed by atoms with Crippen LogP contribution in [0, 0.1) is 19.7 Å². The van der Waals surface area contributed by atoms with Gasteiger partial charge in [-0.15, -0.1) is 10.2 Å². The molecule has 0 saturated heterocycles. The Morgan fingerprint density at radius 2 is 1.70 bits per heavy atom. The first-order valence-electron chi connectivity index (χ1n) is 10.3. The van der Waals surface area contributed by atoms with Gasteiger partial charge < -0.3 is 4.42 Å². The molecule has 33 heavy (non-hydrogen) atoms. The molecule has 164 valence electrons. The zero-order valence-electron chi connectivity index (χ0n) is 18.1. The molecule has 8 heteroatoms. The van der Waals surface area contributed by atoms with Crippen molar-refractivity contribution in [2.75, 3.05) is 0 Å². The van der Waals surface area contributed by atoms with Crippen molar-refractivity contribution in [2.45, 2.75) is 24.8 Å². The van der Waals surface area contributed by atoms with Gasteiger partial charge in [-0.3, -0.25) is 9.55 Å². The Morgan fingerprint density at radius 1 is 0.909 bits per heavy atom. The number of aryl methyl sites for hydroxylation is 2. The predicted molar refractivity (Wildman–Crippen MR) is 126 cm³/mol. The van der Waals surface area contributed by atoms with Crippen LogP contribution in [0.4, 0.5) is 4.39 Å². The van der Waals surface area contributed by atoms with Crippen molar-refractivity contribution >= 4 is 11.8 Å². The number of oxazole rings is 1. The van der Waals surface area contributed by atoms with Crippen LogP contribution in [0.25, 0.3) is 28.5 Å². The van der Waals surface area contributed by atoms with Gasteiger partial charge >= 0.3 is 0 Å². The van der Waals surface area contributed by atoms with Crippen LogP contribution < -0.4 is 0 Å². The van der Waals surface area contributed by atoms with Crippen molar-refractivity contribution in [3.63, 3.8) is 0 Å². The SMILES string of the molecule is Cc1ccc(-n2c(SCc3coc(-c4ccc(F)cc4)n3)nnc2-c2ccncc2)cc1C. The summed E-state index contributed by atoms with van der Waals surface area (Å²) in [6, 6.07) is 16.2. The van der Waals surface area contributed by atoms with Gasteiger partial charge in [0.2, 0.25) is 5.89 Å². The zero-order chi connectivity index (χ0) is 22.8. The van der Waals surface area contributed by atoms with Crippen LogP contribution in [0.5, 0.6) is 0 Å². The van der Waals surface area contributed by atoms with Crippen LogP contribution in [0.15, 0.2) is 82.8 Å². The molecule has 0 amide bonds. The summed E-state index contributed by atoms with van der Waals surface area (Å²) in [4.78, 5) is 8.65. The molecule has 0 aliphatic carbocycles. The Bertz CT molecular complexity index is 1400. The molecule has 0 saturated carbocycles. The predicted octanol–water partition coefficient (Wildman–Crippen LogP) is 6.03. The minimum absolute atomic E-state index is 0.295. The number of halogens is 1. The van der Waals surface area contributed by atoms with Crippen molar-refractivity contribution in [3.05, 3.63) is 95.9 Å². The molecule has 0 atom stereocenters. The fourth-order valence-corrected chi connectivity index (χ4v) is 4.21. The van der Waals surface area contributed by atoms with Crippen molar-refractivity contribution in [3.8, 4) is 28.5 Å². The van der Waals surface area contributed by atoms with E-state index in [1.807, 2.05) is 16.7 Å². The molecule has 0 aliphatic rings. The highest BCUT2D eigenvalue weighted by atomic mass is 32.2. The van der Waals surface area contributed by atoms with Gasteiger partial charge in [0.05, 0.1) is 11.4 Å². The Morgan fingerprint density at radius 3 is 2.45 bits per heavy atom. The van der Waals surface area contributed by atoms with Crippen LogP contribution in [0.1, 0.15) is 16.8 Å². The van der Waals surface area contributed by atoms with E-state index in [1.165, 1.54) is 35.0 Å². The van der Waals surface area contributed by atoms with Crippen molar-refractivity contribution < 1.29 is 8.81 Å². The van der Waals surface area contributed by atoms with Gasteiger partial charge in [0.25, 0.3) is 0 Å². The van der Waals surface area contributed by atoms with E-state index >= 15 is 0 Å². The standard InChI is InChI=1S/C25H20FN5OS/c1-16-3-8-22(13-17(16)2)31-23(18-9-11-27-12-10-18)29-30-25(31)33-15-21-14-32-24(28-21)19-4-6-20(26)7-5-19/h3-14H,15H2,1-2H3. The lowest BCUT2D eigenvalue weighted by Crippen LogP contribution is -2.01. The van der Waals surface area contributed by atoms with Gasteiger partial charge in [-0.2, -0.15) is 0 Å². The average molecular weight is 458 g/mol. The molecular weight excluding hydrogens is 437 g/mol. The molecular formula is C25H20FN5OS. The third-order valence-electron chi connectivity index (χ3n) is 5.31. The van der Waals surface area contributed by atoms with Crippen LogP contribution in [-0.4, -0.2) is 24.7 Å². The monoisotopic (exact) mass is 457 g/mol. The maximum Gasteiger partial charge on any atom is 0.226 e. The van der Waals surface area contributed by atoms with Crippen LogP contribution in [0.3, 0.4) is 0 Å². The molecule has 0 N–H and O–H groups in total. The lowest BCUT2D eigenvalue weighted by molar-refractivity contribution is 0.573. The number of benzene rings is 2. The summed E-state index contributed by atoms with van der Waals surface area (Å²) in [6.45, 7) is 4.18. The third-order valence-corrected chi connectivity index (χ3v) is 6.28. The van der Waals surface area contributed by atoms with E-state index in [1.54, 1.807) is 30.8 Å². The highest BCUT2D eigenvalue weighted by Crippen LogP contribution is 2.31. The maximum absolute atomic E-state index is 13.2. The molecule has 6 nitrogen and oxygen atoms in total. The highest BCUT2D eigenvalue weighted by Gasteiger charge is 2.17. The number of hydrogen-bond acceptors (Lipinski definition) is 6. The van der Waals surface area contributed by atoms with Crippen LogP contribution in [0.2, 0.25) is 0 Å². The molecule has 2 aromatic carbocycles. The van der Waals surface area contributed by atoms with Crippen molar-refractivity contribution in [1.29, 1.82) is 0 Å². The van der Waals surface area contributed by atoms with Crippen molar-refractivity contribution in [2.24, 2.45) is 0 Å². The molecule has 0 spiro atoms. The molecule has 0 bridgehead atoms. The molecule has 0 fully saturated rings.